The average Bonchev–Trinajstić information content (AvgIpc) is 2.61. The van der Waals surface area contributed by atoms with Crippen molar-refractivity contribution >= 4 is 29.1 Å². The maximum absolute atomic E-state index is 12.0. The van der Waals surface area contributed by atoms with Crippen molar-refractivity contribution in [1.29, 1.82) is 0 Å². The molecular formula is C19H21N3O4. The first kappa shape index (κ1) is 19.0. The summed E-state index contributed by atoms with van der Waals surface area (Å²) in [6.45, 7) is 3.79. The zero-order chi connectivity index (χ0) is 18.9. The maximum Gasteiger partial charge on any atom is 0.323 e. The normalized spacial score (nSPS) is 9.92. The van der Waals surface area contributed by atoms with Crippen molar-refractivity contribution in [2.75, 3.05) is 23.8 Å². The Balaban J connectivity index is 1.88. The standard InChI is InChI=1S/C19H21N3O4/c1-3-20-18(24)12-26-17-9-7-15(8-10-17)21-19(25)22-16-6-4-5-14(11-16)13(2)23/h4-11H,3,12H2,1-2H3,(H,20,24)(H2,21,22,25). The molecule has 26 heavy (non-hydrogen) atoms. The molecule has 0 spiro atoms. The van der Waals surface area contributed by atoms with Gasteiger partial charge >= 0.3 is 6.03 Å². The van der Waals surface area contributed by atoms with Crippen LogP contribution in [-0.2, 0) is 4.79 Å². The Morgan fingerprint density at radius 3 is 2.31 bits per heavy atom. The monoisotopic (exact) mass is 355 g/mol. The highest BCUT2D eigenvalue weighted by Crippen LogP contribution is 2.16. The number of carbonyl (C=O) groups is 3. The van der Waals surface area contributed by atoms with Gasteiger partial charge in [0, 0.05) is 23.5 Å². The van der Waals surface area contributed by atoms with E-state index >= 15 is 0 Å². The summed E-state index contributed by atoms with van der Waals surface area (Å²) in [4.78, 5) is 34.8. The van der Waals surface area contributed by atoms with E-state index < -0.39 is 6.03 Å². The Bertz CT molecular complexity index is 788. The molecular weight excluding hydrogens is 334 g/mol. The Hall–Kier alpha value is -3.35. The van der Waals surface area contributed by atoms with Crippen LogP contribution in [0.3, 0.4) is 0 Å². The predicted molar refractivity (Wildman–Crippen MR) is 99.7 cm³/mol. The number of nitrogens with one attached hydrogen (secondary N) is 3. The van der Waals surface area contributed by atoms with Gasteiger partial charge in [0.1, 0.15) is 5.75 Å². The third-order valence-electron chi connectivity index (χ3n) is 3.38. The number of benzene rings is 2. The Kier molecular flexibility index (Phi) is 6.73. The van der Waals surface area contributed by atoms with Gasteiger partial charge in [-0.3, -0.25) is 9.59 Å². The summed E-state index contributed by atoms with van der Waals surface area (Å²) < 4.78 is 5.34. The number of urea groups is 1. The molecule has 0 heterocycles. The number of anilines is 2. The topological polar surface area (TPSA) is 96.5 Å². The molecule has 3 amide bonds. The van der Waals surface area contributed by atoms with Gasteiger partial charge in [0.2, 0.25) is 0 Å². The number of carbonyl (C=O) groups excluding carboxylic acids is 3. The fourth-order valence-corrected chi connectivity index (χ4v) is 2.14. The number of Topliss-reactive ketones (excluding diaryl/α,β-unsaturated/α-hetero) is 1. The van der Waals surface area contributed by atoms with Gasteiger partial charge in [-0.1, -0.05) is 12.1 Å². The molecule has 0 fully saturated rings. The van der Waals surface area contributed by atoms with E-state index in [1.807, 2.05) is 6.92 Å². The summed E-state index contributed by atoms with van der Waals surface area (Å²) in [5, 5.41) is 7.99. The van der Waals surface area contributed by atoms with Gasteiger partial charge < -0.3 is 20.7 Å². The Morgan fingerprint density at radius 1 is 0.962 bits per heavy atom. The van der Waals surface area contributed by atoms with E-state index in [1.165, 1.54) is 6.92 Å². The van der Waals surface area contributed by atoms with Gasteiger partial charge in [-0.15, -0.1) is 0 Å². The maximum atomic E-state index is 12.0. The number of rotatable bonds is 7. The van der Waals surface area contributed by atoms with E-state index in [9.17, 15) is 14.4 Å². The zero-order valence-electron chi connectivity index (χ0n) is 14.7. The molecule has 0 unspecified atom stereocenters. The molecule has 136 valence electrons. The number of amides is 3. The third kappa shape index (κ3) is 5.94. The average molecular weight is 355 g/mol. The van der Waals surface area contributed by atoms with Crippen molar-refractivity contribution in [3.05, 3.63) is 54.1 Å². The molecule has 7 nitrogen and oxygen atoms in total. The number of ether oxygens (including phenoxy) is 1. The molecule has 0 aliphatic rings. The van der Waals surface area contributed by atoms with Crippen LogP contribution in [0.4, 0.5) is 16.2 Å². The molecule has 0 atom stereocenters. The van der Waals surface area contributed by atoms with Gasteiger partial charge in [0.15, 0.2) is 12.4 Å². The predicted octanol–water partition coefficient (Wildman–Crippen LogP) is 3.05. The van der Waals surface area contributed by atoms with Crippen molar-refractivity contribution in [3.63, 3.8) is 0 Å². The second-order valence-electron chi connectivity index (χ2n) is 5.48. The molecule has 0 aromatic heterocycles. The summed E-state index contributed by atoms with van der Waals surface area (Å²) in [6.07, 6.45) is 0. The fourth-order valence-electron chi connectivity index (χ4n) is 2.14. The number of hydrogen-bond acceptors (Lipinski definition) is 4. The van der Waals surface area contributed by atoms with Gasteiger partial charge in [0.05, 0.1) is 0 Å². The van der Waals surface area contributed by atoms with Crippen molar-refractivity contribution in [2.45, 2.75) is 13.8 Å². The summed E-state index contributed by atoms with van der Waals surface area (Å²) in [7, 11) is 0. The van der Waals surface area contributed by atoms with Crippen LogP contribution < -0.4 is 20.7 Å². The van der Waals surface area contributed by atoms with E-state index in [0.717, 1.165) is 0 Å². The lowest BCUT2D eigenvalue weighted by Gasteiger charge is -2.10. The lowest BCUT2D eigenvalue weighted by Crippen LogP contribution is -2.28. The number of likely N-dealkylation sites (N-methyl/N-ethyl adjacent to an activating group) is 1. The first-order valence-electron chi connectivity index (χ1n) is 8.16. The minimum absolute atomic E-state index is 0.0619. The largest absolute Gasteiger partial charge is 0.484 e. The van der Waals surface area contributed by atoms with Gasteiger partial charge in [-0.2, -0.15) is 0 Å². The quantitative estimate of drug-likeness (QED) is 0.665. The molecule has 3 N–H and O–H groups in total. The smallest absolute Gasteiger partial charge is 0.323 e. The molecule has 7 heteroatoms. The lowest BCUT2D eigenvalue weighted by atomic mass is 10.1. The Labute approximate surface area is 151 Å². The van der Waals surface area contributed by atoms with Crippen molar-refractivity contribution < 1.29 is 19.1 Å². The van der Waals surface area contributed by atoms with Crippen LogP contribution in [0.1, 0.15) is 24.2 Å². The summed E-state index contributed by atoms with van der Waals surface area (Å²) in [6, 6.07) is 12.9. The SMILES string of the molecule is CCNC(=O)COc1ccc(NC(=O)Nc2cccc(C(C)=O)c2)cc1. The van der Waals surface area contributed by atoms with Gasteiger partial charge in [-0.25, -0.2) is 4.79 Å². The summed E-state index contributed by atoms with van der Waals surface area (Å²) in [5.41, 5.74) is 1.61. The molecule has 0 saturated heterocycles. The zero-order valence-corrected chi connectivity index (χ0v) is 14.7. The molecule has 0 saturated carbocycles. The molecule has 2 aromatic rings. The second kappa shape index (κ2) is 9.22. The molecule has 0 radical (unpaired) electrons. The molecule has 0 aliphatic carbocycles. The van der Waals surface area contributed by atoms with E-state index in [1.54, 1.807) is 48.5 Å². The van der Waals surface area contributed by atoms with E-state index in [0.29, 0.717) is 29.2 Å². The van der Waals surface area contributed by atoms with Gasteiger partial charge in [0.25, 0.3) is 5.91 Å². The van der Waals surface area contributed by atoms with E-state index in [-0.39, 0.29) is 18.3 Å². The van der Waals surface area contributed by atoms with Crippen molar-refractivity contribution in [2.24, 2.45) is 0 Å². The lowest BCUT2D eigenvalue weighted by molar-refractivity contribution is -0.122. The highest BCUT2D eigenvalue weighted by atomic mass is 16.5. The van der Waals surface area contributed by atoms with Crippen LogP contribution >= 0.6 is 0 Å². The van der Waals surface area contributed by atoms with Crippen molar-refractivity contribution in [1.82, 2.24) is 5.32 Å². The van der Waals surface area contributed by atoms with Crippen LogP contribution in [0, 0.1) is 0 Å². The number of hydrogen-bond donors (Lipinski definition) is 3. The Morgan fingerprint density at radius 2 is 1.65 bits per heavy atom. The molecule has 0 aliphatic heterocycles. The fraction of sp³-hybridized carbons (Fsp3) is 0.211. The van der Waals surface area contributed by atoms with Crippen LogP contribution in [0.2, 0.25) is 0 Å². The molecule has 2 aromatic carbocycles. The first-order valence-corrected chi connectivity index (χ1v) is 8.16. The second-order valence-corrected chi connectivity index (χ2v) is 5.48. The third-order valence-corrected chi connectivity index (χ3v) is 3.38. The van der Waals surface area contributed by atoms with Crippen LogP contribution in [0.25, 0.3) is 0 Å². The van der Waals surface area contributed by atoms with Crippen LogP contribution in [0.15, 0.2) is 48.5 Å². The molecule has 0 bridgehead atoms. The van der Waals surface area contributed by atoms with Crippen molar-refractivity contribution in [3.8, 4) is 5.75 Å². The highest BCUT2D eigenvalue weighted by molar-refractivity contribution is 6.01. The van der Waals surface area contributed by atoms with Crippen LogP contribution in [0.5, 0.6) is 5.75 Å². The first-order chi connectivity index (χ1) is 12.5. The van der Waals surface area contributed by atoms with E-state index in [4.69, 9.17) is 4.74 Å². The highest BCUT2D eigenvalue weighted by Gasteiger charge is 2.06. The number of ketones is 1. The van der Waals surface area contributed by atoms with Crippen LogP contribution in [-0.4, -0.2) is 30.9 Å². The minimum Gasteiger partial charge on any atom is -0.484 e. The minimum atomic E-state index is -0.429. The summed E-state index contributed by atoms with van der Waals surface area (Å²) >= 11 is 0. The molecule has 2 rings (SSSR count). The van der Waals surface area contributed by atoms with Gasteiger partial charge in [-0.05, 0) is 50.2 Å². The van der Waals surface area contributed by atoms with E-state index in [2.05, 4.69) is 16.0 Å². The summed E-state index contributed by atoms with van der Waals surface area (Å²) in [5.74, 6) is 0.260.